The van der Waals surface area contributed by atoms with Crippen LogP contribution in [0.4, 0.5) is 0 Å². The molecule has 0 saturated heterocycles. The predicted octanol–water partition coefficient (Wildman–Crippen LogP) is 2.19. The van der Waals surface area contributed by atoms with Gasteiger partial charge < -0.3 is 0 Å². The molecular formula is C11H13N. The normalized spacial score (nSPS) is 9.42. The first-order valence-corrected chi connectivity index (χ1v) is 4.27. The van der Waals surface area contributed by atoms with Crippen molar-refractivity contribution in [3.05, 3.63) is 29.1 Å². The van der Waals surface area contributed by atoms with Gasteiger partial charge in [-0.15, -0.1) is 6.42 Å². The summed E-state index contributed by atoms with van der Waals surface area (Å²) in [6.45, 7) is 4.17. The highest BCUT2D eigenvalue weighted by Crippen LogP contribution is 2.07. The van der Waals surface area contributed by atoms with E-state index in [4.69, 9.17) is 6.42 Å². The lowest BCUT2D eigenvalue weighted by Crippen LogP contribution is -1.96. The topological polar surface area (TPSA) is 12.9 Å². The van der Waals surface area contributed by atoms with Crippen LogP contribution in [-0.4, -0.2) is 4.98 Å². The Hall–Kier alpha value is -1.29. The summed E-state index contributed by atoms with van der Waals surface area (Å²) in [4.78, 5) is 4.44. The lowest BCUT2D eigenvalue weighted by Gasteiger charge is -2.02. The molecule has 0 amide bonds. The number of pyridine rings is 1. The van der Waals surface area contributed by atoms with Gasteiger partial charge >= 0.3 is 0 Å². The maximum absolute atomic E-state index is 5.33. The molecule has 1 heterocycles. The molecule has 1 rings (SSSR count). The standard InChI is InChI=1S/C11H13N/c1-4-9-7-8-10(5-2)12-11(9)6-3/h1,7-8H,5-6H2,2-3H3. The SMILES string of the molecule is C#Cc1ccc(CC)nc1CC. The van der Waals surface area contributed by atoms with Crippen LogP contribution in [0.2, 0.25) is 0 Å². The Balaban J connectivity index is 3.13. The minimum atomic E-state index is 0.910. The Morgan fingerprint density at radius 1 is 1.33 bits per heavy atom. The molecule has 1 aromatic heterocycles. The molecule has 0 aliphatic heterocycles. The molecule has 0 radical (unpaired) electrons. The molecule has 1 heteroatoms. The fourth-order valence-electron chi connectivity index (χ4n) is 1.14. The van der Waals surface area contributed by atoms with Crippen molar-refractivity contribution in [2.45, 2.75) is 26.7 Å². The molecule has 0 aromatic carbocycles. The summed E-state index contributed by atoms with van der Waals surface area (Å²) in [6.07, 6.45) is 7.21. The molecule has 0 fully saturated rings. The van der Waals surface area contributed by atoms with Crippen molar-refractivity contribution in [3.63, 3.8) is 0 Å². The van der Waals surface area contributed by atoms with E-state index >= 15 is 0 Å². The molecule has 0 saturated carbocycles. The van der Waals surface area contributed by atoms with Gasteiger partial charge in [-0.05, 0) is 25.0 Å². The first-order chi connectivity index (χ1) is 5.81. The summed E-state index contributed by atoms with van der Waals surface area (Å²) in [5.41, 5.74) is 3.08. The van der Waals surface area contributed by atoms with E-state index < -0.39 is 0 Å². The molecule has 1 aromatic rings. The zero-order valence-corrected chi connectivity index (χ0v) is 7.59. The lowest BCUT2D eigenvalue weighted by atomic mass is 10.1. The van der Waals surface area contributed by atoms with Gasteiger partial charge in [0, 0.05) is 11.3 Å². The Morgan fingerprint density at radius 3 is 2.58 bits per heavy atom. The quantitative estimate of drug-likeness (QED) is 0.603. The number of nitrogens with zero attached hydrogens (tertiary/aromatic N) is 1. The van der Waals surface area contributed by atoms with Crippen molar-refractivity contribution < 1.29 is 0 Å². The largest absolute Gasteiger partial charge is 0.257 e. The van der Waals surface area contributed by atoms with E-state index in [0.29, 0.717) is 0 Å². The molecular weight excluding hydrogens is 146 g/mol. The first kappa shape index (κ1) is 8.80. The number of rotatable bonds is 2. The zero-order valence-electron chi connectivity index (χ0n) is 7.59. The van der Waals surface area contributed by atoms with Crippen LogP contribution in [0.25, 0.3) is 0 Å². The van der Waals surface area contributed by atoms with Crippen molar-refractivity contribution in [3.8, 4) is 12.3 Å². The Labute approximate surface area is 73.8 Å². The van der Waals surface area contributed by atoms with Gasteiger partial charge in [0.1, 0.15) is 0 Å². The maximum atomic E-state index is 5.33. The third-order valence-electron chi connectivity index (χ3n) is 1.88. The van der Waals surface area contributed by atoms with Crippen molar-refractivity contribution in [2.24, 2.45) is 0 Å². The van der Waals surface area contributed by atoms with Crippen LogP contribution in [0.5, 0.6) is 0 Å². The first-order valence-electron chi connectivity index (χ1n) is 4.27. The molecule has 1 nitrogen and oxygen atoms in total. The minimum absolute atomic E-state index is 0.910. The number of terminal acetylenes is 1. The molecule has 0 aliphatic carbocycles. The minimum Gasteiger partial charge on any atom is -0.257 e. The van der Waals surface area contributed by atoms with Crippen LogP contribution in [0, 0.1) is 12.3 Å². The van der Waals surface area contributed by atoms with Gasteiger partial charge in [-0.3, -0.25) is 4.98 Å². The van der Waals surface area contributed by atoms with Crippen LogP contribution < -0.4 is 0 Å². The summed E-state index contributed by atoms with van der Waals surface area (Å²) < 4.78 is 0. The highest BCUT2D eigenvalue weighted by atomic mass is 14.7. The Morgan fingerprint density at radius 2 is 2.08 bits per heavy atom. The van der Waals surface area contributed by atoms with Gasteiger partial charge in [-0.25, -0.2) is 0 Å². The second-order valence-corrected chi connectivity index (χ2v) is 2.65. The van der Waals surface area contributed by atoms with Gasteiger partial charge in [0.05, 0.1) is 5.69 Å². The van der Waals surface area contributed by atoms with E-state index in [1.165, 1.54) is 0 Å². The number of hydrogen-bond donors (Lipinski definition) is 0. The molecule has 0 bridgehead atoms. The van der Waals surface area contributed by atoms with Crippen LogP contribution in [0.15, 0.2) is 12.1 Å². The average molecular weight is 159 g/mol. The second-order valence-electron chi connectivity index (χ2n) is 2.65. The highest BCUT2D eigenvalue weighted by molar-refractivity contribution is 5.36. The predicted molar refractivity (Wildman–Crippen MR) is 50.9 cm³/mol. The van der Waals surface area contributed by atoms with E-state index in [1.54, 1.807) is 0 Å². The van der Waals surface area contributed by atoms with Gasteiger partial charge in [-0.1, -0.05) is 19.8 Å². The number of hydrogen-bond acceptors (Lipinski definition) is 1. The lowest BCUT2D eigenvalue weighted by molar-refractivity contribution is 0.949. The van der Waals surface area contributed by atoms with Gasteiger partial charge in [0.25, 0.3) is 0 Å². The van der Waals surface area contributed by atoms with E-state index in [1.807, 2.05) is 12.1 Å². The molecule has 0 unspecified atom stereocenters. The molecule has 62 valence electrons. The second kappa shape index (κ2) is 3.92. The van der Waals surface area contributed by atoms with Crippen LogP contribution in [-0.2, 0) is 12.8 Å². The summed E-state index contributed by atoms with van der Waals surface area (Å²) >= 11 is 0. The number of aromatic nitrogens is 1. The summed E-state index contributed by atoms with van der Waals surface area (Å²) in [5.74, 6) is 2.64. The molecule has 0 atom stereocenters. The van der Waals surface area contributed by atoms with Gasteiger partial charge in [-0.2, -0.15) is 0 Å². The van der Waals surface area contributed by atoms with E-state index in [9.17, 15) is 0 Å². The fourth-order valence-corrected chi connectivity index (χ4v) is 1.14. The van der Waals surface area contributed by atoms with Crippen molar-refractivity contribution >= 4 is 0 Å². The van der Waals surface area contributed by atoms with Crippen LogP contribution >= 0.6 is 0 Å². The van der Waals surface area contributed by atoms with E-state index in [2.05, 4.69) is 24.8 Å². The van der Waals surface area contributed by atoms with Gasteiger partial charge in [0.2, 0.25) is 0 Å². The summed E-state index contributed by atoms with van der Waals surface area (Å²) in [6, 6.07) is 3.97. The fraction of sp³-hybridized carbons (Fsp3) is 0.364. The smallest absolute Gasteiger partial charge is 0.0560 e. The molecule has 0 aliphatic rings. The summed E-state index contributed by atoms with van der Waals surface area (Å²) in [5, 5.41) is 0. The van der Waals surface area contributed by atoms with Crippen LogP contribution in [0.3, 0.4) is 0 Å². The third kappa shape index (κ3) is 1.65. The number of aryl methyl sites for hydroxylation is 2. The maximum Gasteiger partial charge on any atom is 0.0560 e. The molecule has 0 spiro atoms. The van der Waals surface area contributed by atoms with Crippen molar-refractivity contribution in [2.75, 3.05) is 0 Å². The zero-order chi connectivity index (χ0) is 8.97. The Kier molecular flexibility index (Phi) is 2.88. The summed E-state index contributed by atoms with van der Waals surface area (Å²) in [7, 11) is 0. The highest BCUT2D eigenvalue weighted by Gasteiger charge is 1.99. The van der Waals surface area contributed by atoms with Crippen LogP contribution in [0.1, 0.15) is 30.8 Å². The van der Waals surface area contributed by atoms with Gasteiger partial charge in [0.15, 0.2) is 0 Å². The Bertz CT molecular complexity index is 307. The monoisotopic (exact) mass is 159 g/mol. The van der Waals surface area contributed by atoms with E-state index in [0.717, 1.165) is 29.8 Å². The van der Waals surface area contributed by atoms with Crippen molar-refractivity contribution in [1.29, 1.82) is 0 Å². The van der Waals surface area contributed by atoms with E-state index in [-0.39, 0.29) is 0 Å². The molecule has 12 heavy (non-hydrogen) atoms. The third-order valence-corrected chi connectivity index (χ3v) is 1.88. The van der Waals surface area contributed by atoms with Crippen molar-refractivity contribution in [1.82, 2.24) is 4.98 Å². The average Bonchev–Trinajstić information content (AvgIpc) is 2.16. The molecule has 0 N–H and O–H groups in total.